The average Bonchev–Trinajstić information content (AvgIpc) is 2.92. The second-order valence-electron chi connectivity index (χ2n) is 4.73. The minimum Gasteiger partial charge on any atom is -0.358 e. The van der Waals surface area contributed by atoms with E-state index < -0.39 is 0 Å². The van der Waals surface area contributed by atoms with Crippen LogP contribution in [0.25, 0.3) is 10.9 Å². The van der Waals surface area contributed by atoms with Crippen LogP contribution in [0.1, 0.15) is 18.5 Å². The molecule has 0 bridgehead atoms. The van der Waals surface area contributed by atoms with E-state index in [9.17, 15) is 0 Å². The van der Waals surface area contributed by atoms with Crippen molar-refractivity contribution < 1.29 is 0 Å². The van der Waals surface area contributed by atoms with Crippen molar-refractivity contribution >= 4 is 22.5 Å². The Labute approximate surface area is 100.0 Å². The monoisotopic (exact) mass is 234 g/mol. The summed E-state index contributed by atoms with van der Waals surface area (Å²) in [5.74, 6) is 0. The Morgan fingerprint density at radius 1 is 1.38 bits per heavy atom. The van der Waals surface area contributed by atoms with Gasteiger partial charge in [-0.15, -0.1) is 0 Å². The molecule has 1 aliphatic rings. The number of nitrogens with one attached hydrogen (secondary N) is 2. The van der Waals surface area contributed by atoms with Crippen LogP contribution in [0.5, 0.6) is 0 Å². The molecular formula is C13H15ClN2. The molecule has 1 aromatic carbocycles. The van der Waals surface area contributed by atoms with Gasteiger partial charge in [-0.05, 0) is 44.2 Å². The summed E-state index contributed by atoms with van der Waals surface area (Å²) in [6.07, 6.45) is 3.63. The van der Waals surface area contributed by atoms with Crippen LogP contribution in [0.4, 0.5) is 0 Å². The second kappa shape index (κ2) is 3.51. The first-order chi connectivity index (χ1) is 7.71. The quantitative estimate of drug-likeness (QED) is 0.839. The number of aromatic nitrogens is 1. The molecule has 0 saturated heterocycles. The van der Waals surface area contributed by atoms with Crippen molar-refractivity contribution in [2.45, 2.75) is 24.8 Å². The van der Waals surface area contributed by atoms with Crippen molar-refractivity contribution in [3.63, 3.8) is 0 Å². The predicted octanol–water partition coefficient (Wildman–Crippen LogP) is 3.12. The topological polar surface area (TPSA) is 27.8 Å². The van der Waals surface area contributed by atoms with Gasteiger partial charge in [-0.1, -0.05) is 11.6 Å². The fraction of sp³-hybridized carbons (Fsp3) is 0.385. The molecule has 1 aliphatic carbocycles. The first-order valence-electron chi connectivity index (χ1n) is 5.67. The van der Waals surface area contributed by atoms with Gasteiger partial charge in [-0.2, -0.15) is 0 Å². The summed E-state index contributed by atoms with van der Waals surface area (Å²) in [7, 11) is 2.05. The van der Waals surface area contributed by atoms with Crippen molar-refractivity contribution in [3.05, 3.63) is 35.0 Å². The van der Waals surface area contributed by atoms with Crippen molar-refractivity contribution in [3.8, 4) is 0 Å². The molecule has 16 heavy (non-hydrogen) atoms. The Morgan fingerprint density at radius 3 is 2.88 bits per heavy atom. The number of halogens is 1. The van der Waals surface area contributed by atoms with E-state index in [4.69, 9.17) is 11.6 Å². The van der Waals surface area contributed by atoms with Crippen LogP contribution >= 0.6 is 11.6 Å². The van der Waals surface area contributed by atoms with Crippen LogP contribution < -0.4 is 5.32 Å². The second-order valence-corrected chi connectivity index (χ2v) is 5.17. The number of fused-ring (bicyclic) bond motifs is 1. The van der Waals surface area contributed by atoms with Gasteiger partial charge < -0.3 is 10.3 Å². The summed E-state index contributed by atoms with van der Waals surface area (Å²) in [4.78, 5) is 3.45. The van der Waals surface area contributed by atoms with Crippen LogP contribution in [0.15, 0.2) is 24.3 Å². The summed E-state index contributed by atoms with van der Waals surface area (Å²) < 4.78 is 0. The molecule has 1 heterocycles. The van der Waals surface area contributed by atoms with Crippen LogP contribution in [0.3, 0.4) is 0 Å². The molecule has 0 aliphatic heterocycles. The van der Waals surface area contributed by atoms with Crippen LogP contribution in [-0.2, 0) is 6.42 Å². The van der Waals surface area contributed by atoms with E-state index in [0.29, 0.717) is 5.54 Å². The van der Waals surface area contributed by atoms with Crippen molar-refractivity contribution in [2.75, 3.05) is 7.05 Å². The van der Waals surface area contributed by atoms with E-state index in [2.05, 4.69) is 16.4 Å². The number of H-pyrrole nitrogens is 1. The Kier molecular flexibility index (Phi) is 2.23. The molecule has 84 valence electrons. The standard InChI is InChI=1S/C13H15ClN2/c1-15-13(4-5-13)8-11-7-9-6-10(14)2-3-12(9)16-11/h2-3,6-7,15-16H,4-5,8H2,1H3. The summed E-state index contributed by atoms with van der Waals surface area (Å²) in [5, 5.41) is 5.41. The van der Waals surface area contributed by atoms with Gasteiger partial charge in [-0.3, -0.25) is 0 Å². The van der Waals surface area contributed by atoms with Crippen LogP contribution in [0, 0.1) is 0 Å². The van der Waals surface area contributed by atoms with Gasteiger partial charge in [0.1, 0.15) is 0 Å². The number of hydrogen-bond donors (Lipinski definition) is 2. The summed E-state index contributed by atoms with van der Waals surface area (Å²) >= 11 is 5.97. The first kappa shape index (κ1) is 10.2. The Bertz CT molecular complexity index is 526. The van der Waals surface area contributed by atoms with Gasteiger partial charge in [-0.25, -0.2) is 0 Å². The van der Waals surface area contributed by atoms with Gasteiger partial charge >= 0.3 is 0 Å². The summed E-state index contributed by atoms with van der Waals surface area (Å²) in [5.41, 5.74) is 2.82. The largest absolute Gasteiger partial charge is 0.358 e. The zero-order valence-electron chi connectivity index (χ0n) is 9.31. The molecular weight excluding hydrogens is 220 g/mol. The Balaban J connectivity index is 1.93. The highest BCUT2D eigenvalue weighted by Crippen LogP contribution is 2.38. The molecule has 0 unspecified atom stereocenters. The third-order valence-corrected chi connectivity index (χ3v) is 3.79. The lowest BCUT2D eigenvalue weighted by atomic mass is 10.1. The van der Waals surface area contributed by atoms with E-state index >= 15 is 0 Å². The molecule has 1 fully saturated rings. The minimum absolute atomic E-state index is 0.352. The molecule has 2 nitrogen and oxygen atoms in total. The van der Waals surface area contributed by atoms with E-state index in [1.807, 2.05) is 25.2 Å². The lowest BCUT2D eigenvalue weighted by Crippen LogP contribution is -2.29. The number of benzene rings is 1. The average molecular weight is 235 g/mol. The highest BCUT2D eigenvalue weighted by Gasteiger charge is 2.41. The smallest absolute Gasteiger partial charge is 0.0457 e. The zero-order chi connectivity index (χ0) is 11.2. The maximum Gasteiger partial charge on any atom is 0.0457 e. The number of rotatable bonds is 3. The number of hydrogen-bond acceptors (Lipinski definition) is 1. The first-order valence-corrected chi connectivity index (χ1v) is 6.05. The van der Waals surface area contributed by atoms with Crippen molar-refractivity contribution in [1.29, 1.82) is 0 Å². The molecule has 2 N–H and O–H groups in total. The van der Waals surface area contributed by atoms with Gasteiger partial charge in [0.05, 0.1) is 0 Å². The fourth-order valence-corrected chi connectivity index (χ4v) is 2.47. The van der Waals surface area contributed by atoms with Crippen LogP contribution in [-0.4, -0.2) is 17.6 Å². The molecule has 1 aromatic heterocycles. The third kappa shape index (κ3) is 1.72. The number of likely N-dealkylation sites (N-methyl/N-ethyl adjacent to an activating group) is 1. The van der Waals surface area contributed by atoms with E-state index in [1.54, 1.807) is 0 Å². The molecule has 0 spiro atoms. The molecule has 0 radical (unpaired) electrons. The molecule has 0 atom stereocenters. The van der Waals surface area contributed by atoms with E-state index in [-0.39, 0.29) is 0 Å². The maximum atomic E-state index is 5.97. The summed E-state index contributed by atoms with van der Waals surface area (Å²) in [6, 6.07) is 8.18. The molecule has 1 saturated carbocycles. The van der Waals surface area contributed by atoms with Crippen molar-refractivity contribution in [1.82, 2.24) is 10.3 Å². The van der Waals surface area contributed by atoms with Gasteiger partial charge in [0.2, 0.25) is 0 Å². The minimum atomic E-state index is 0.352. The maximum absolute atomic E-state index is 5.97. The predicted molar refractivity (Wildman–Crippen MR) is 68.0 cm³/mol. The highest BCUT2D eigenvalue weighted by atomic mass is 35.5. The third-order valence-electron chi connectivity index (χ3n) is 3.55. The number of aromatic amines is 1. The Morgan fingerprint density at radius 2 is 2.19 bits per heavy atom. The van der Waals surface area contributed by atoms with Gasteiger partial charge in [0.15, 0.2) is 0 Å². The van der Waals surface area contributed by atoms with Gasteiger partial charge in [0.25, 0.3) is 0 Å². The van der Waals surface area contributed by atoms with Gasteiger partial charge in [0, 0.05) is 33.6 Å². The SMILES string of the molecule is CNC1(Cc2cc3cc(Cl)ccc3[nH]2)CC1. The lowest BCUT2D eigenvalue weighted by molar-refractivity contribution is 0.544. The normalized spacial score (nSPS) is 17.9. The summed E-state index contributed by atoms with van der Waals surface area (Å²) in [6.45, 7) is 0. The molecule has 0 amide bonds. The lowest BCUT2D eigenvalue weighted by Gasteiger charge is -2.11. The van der Waals surface area contributed by atoms with Crippen molar-refractivity contribution in [2.24, 2.45) is 0 Å². The van der Waals surface area contributed by atoms with Crippen LogP contribution in [0.2, 0.25) is 5.02 Å². The highest BCUT2D eigenvalue weighted by molar-refractivity contribution is 6.31. The zero-order valence-corrected chi connectivity index (χ0v) is 10.1. The molecule has 3 rings (SSSR count). The fourth-order valence-electron chi connectivity index (χ4n) is 2.29. The van der Waals surface area contributed by atoms with E-state index in [1.165, 1.54) is 29.4 Å². The Hall–Kier alpha value is -0.990. The molecule has 2 aromatic rings. The van der Waals surface area contributed by atoms with E-state index in [0.717, 1.165) is 11.4 Å². The molecule has 3 heteroatoms.